The number of carboxylic acids is 1. The van der Waals surface area contributed by atoms with Crippen LogP contribution in [-0.4, -0.2) is 20.1 Å². The summed E-state index contributed by atoms with van der Waals surface area (Å²) in [7, 11) is -3.96. The van der Waals surface area contributed by atoms with Crippen molar-refractivity contribution in [1.82, 2.24) is 4.83 Å². The van der Waals surface area contributed by atoms with Crippen LogP contribution in [0.2, 0.25) is 0 Å². The van der Waals surface area contributed by atoms with Gasteiger partial charge in [0.2, 0.25) is 0 Å². The zero-order chi connectivity index (χ0) is 18.2. The Morgan fingerprint density at radius 1 is 1.27 bits per heavy atom. The van der Waals surface area contributed by atoms with Crippen LogP contribution in [0.1, 0.15) is 40.3 Å². The molecule has 0 bridgehead atoms. The Kier molecular flexibility index (Phi) is 6.80. The van der Waals surface area contributed by atoms with Gasteiger partial charge in [-0.05, 0) is 44.0 Å². The number of carboxylic acid groups (broad SMARTS) is 1. The molecule has 1 aliphatic carbocycles. The van der Waals surface area contributed by atoms with Gasteiger partial charge in [-0.2, -0.15) is 18.4 Å². The van der Waals surface area contributed by atoms with Gasteiger partial charge in [-0.15, -0.1) is 0 Å². The van der Waals surface area contributed by atoms with Crippen molar-refractivity contribution in [2.45, 2.75) is 31.1 Å². The average molecular weight is 404 g/mol. The summed E-state index contributed by atoms with van der Waals surface area (Å²) >= 11 is 0. The minimum Gasteiger partial charge on any atom is -0.542 e. The number of carbonyl (C=O) groups excluding carboxylic acids is 1. The third-order valence-corrected chi connectivity index (χ3v) is 5.16. The number of hydrazone groups is 1. The SMILES string of the molecule is Cc1c(C(=O)[O-])oc2c1/C(=N/NS(=O)(=O)c1ccc(F)cc1)CCC2.[K+]. The number of aryl methyl sites for hydroxylation is 1. The molecule has 1 aliphatic rings. The Hall–Kier alpha value is -1.04. The molecule has 0 saturated heterocycles. The summed E-state index contributed by atoms with van der Waals surface area (Å²) in [6, 6.07) is 4.32. The molecule has 0 atom stereocenters. The van der Waals surface area contributed by atoms with E-state index in [4.69, 9.17) is 4.42 Å². The van der Waals surface area contributed by atoms with E-state index < -0.39 is 21.8 Å². The third kappa shape index (κ3) is 4.26. The van der Waals surface area contributed by atoms with Crippen LogP contribution in [0.25, 0.3) is 0 Å². The fourth-order valence-electron chi connectivity index (χ4n) is 2.76. The number of nitrogens with one attached hydrogen (secondary N) is 1. The van der Waals surface area contributed by atoms with Gasteiger partial charge in [0.15, 0.2) is 5.76 Å². The summed E-state index contributed by atoms with van der Waals surface area (Å²) in [4.78, 5) is 13.1. The van der Waals surface area contributed by atoms with Crippen molar-refractivity contribution >= 4 is 21.7 Å². The predicted octanol–water partition coefficient (Wildman–Crippen LogP) is -1.89. The number of halogens is 1. The Morgan fingerprint density at radius 3 is 2.54 bits per heavy atom. The number of nitrogens with zero attached hydrogens (tertiary/aromatic N) is 1. The zero-order valence-corrected chi connectivity index (χ0v) is 18.1. The Balaban J connectivity index is 0.00000243. The van der Waals surface area contributed by atoms with Gasteiger partial charge < -0.3 is 14.3 Å². The molecule has 0 spiro atoms. The molecule has 0 fully saturated rings. The number of fused-ring (bicyclic) bond motifs is 1. The van der Waals surface area contributed by atoms with E-state index in [9.17, 15) is 22.7 Å². The predicted molar refractivity (Wildman–Crippen MR) is 84.0 cm³/mol. The molecule has 132 valence electrons. The molecule has 1 aromatic carbocycles. The monoisotopic (exact) mass is 404 g/mol. The van der Waals surface area contributed by atoms with E-state index in [0.717, 1.165) is 24.3 Å². The molecular formula is C16H14FKN2O5S. The van der Waals surface area contributed by atoms with Gasteiger partial charge in [0, 0.05) is 17.5 Å². The van der Waals surface area contributed by atoms with Crippen molar-refractivity contribution < 1.29 is 78.5 Å². The molecular weight excluding hydrogens is 390 g/mol. The third-order valence-electron chi connectivity index (χ3n) is 3.94. The van der Waals surface area contributed by atoms with Crippen LogP contribution in [0.3, 0.4) is 0 Å². The van der Waals surface area contributed by atoms with Gasteiger partial charge in [0.1, 0.15) is 17.5 Å². The van der Waals surface area contributed by atoms with Gasteiger partial charge >= 0.3 is 51.4 Å². The fourth-order valence-corrected chi connectivity index (χ4v) is 3.59. The smallest absolute Gasteiger partial charge is 0.542 e. The maximum Gasteiger partial charge on any atom is 1.00 e. The number of furan rings is 1. The van der Waals surface area contributed by atoms with E-state index in [0.29, 0.717) is 41.9 Å². The van der Waals surface area contributed by atoms with Crippen LogP contribution in [-0.2, 0) is 16.4 Å². The first-order chi connectivity index (χ1) is 11.8. The number of rotatable bonds is 4. The average Bonchev–Trinajstić information content (AvgIpc) is 2.91. The fraction of sp³-hybridized carbons (Fsp3) is 0.250. The molecule has 3 rings (SSSR count). The minimum absolute atomic E-state index is 0. The molecule has 0 aliphatic heterocycles. The van der Waals surface area contributed by atoms with Crippen molar-refractivity contribution in [3.05, 3.63) is 52.7 Å². The van der Waals surface area contributed by atoms with E-state index in [-0.39, 0.29) is 62.0 Å². The van der Waals surface area contributed by atoms with Crippen LogP contribution < -0.4 is 61.3 Å². The van der Waals surface area contributed by atoms with E-state index in [1.165, 1.54) is 0 Å². The van der Waals surface area contributed by atoms with Crippen LogP contribution in [0, 0.1) is 12.7 Å². The van der Waals surface area contributed by atoms with E-state index >= 15 is 0 Å². The Morgan fingerprint density at radius 2 is 1.92 bits per heavy atom. The quantitative estimate of drug-likeness (QED) is 0.473. The van der Waals surface area contributed by atoms with Crippen LogP contribution in [0.5, 0.6) is 0 Å². The number of carbonyl (C=O) groups is 1. The van der Waals surface area contributed by atoms with E-state index in [1.54, 1.807) is 6.92 Å². The normalized spacial score (nSPS) is 15.2. The molecule has 2 aromatic rings. The standard InChI is InChI=1S/C16H15FN2O5S.K/c1-9-14-12(3-2-4-13(14)24-15(9)16(20)21)18-19-25(22,23)11-7-5-10(17)6-8-11;/h5-8,19H,2-4H2,1H3,(H,20,21);/q;+1/p-1/b18-12+;. The summed E-state index contributed by atoms with van der Waals surface area (Å²) in [5.74, 6) is -1.81. The molecule has 10 heteroatoms. The van der Waals surface area contributed by atoms with Gasteiger partial charge in [-0.25, -0.2) is 4.39 Å². The van der Waals surface area contributed by atoms with Gasteiger partial charge in [0.05, 0.1) is 10.6 Å². The topological polar surface area (TPSA) is 112 Å². The van der Waals surface area contributed by atoms with Crippen LogP contribution in [0.4, 0.5) is 4.39 Å². The molecule has 0 amide bonds. The number of aromatic carboxylic acids is 1. The first-order valence-electron chi connectivity index (χ1n) is 7.47. The summed E-state index contributed by atoms with van der Waals surface area (Å²) in [5.41, 5.74) is 1.24. The number of benzene rings is 1. The van der Waals surface area contributed by atoms with Gasteiger partial charge in [-0.1, -0.05) is 0 Å². The molecule has 0 unspecified atom stereocenters. The van der Waals surface area contributed by atoms with Crippen molar-refractivity contribution in [1.29, 1.82) is 0 Å². The van der Waals surface area contributed by atoms with Crippen LogP contribution in [0.15, 0.2) is 38.7 Å². The van der Waals surface area contributed by atoms with Crippen LogP contribution >= 0.6 is 0 Å². The van der Waals surface area contributed by atoms with Crippen molar-refractivity contribution in [3.63, 3.8) is 0 Å². The molecule has 1 heterocycles. The molecule has 1 N–H and O–H groups in total. The van der Waals surface area contributed by atoms with Crippen molar-refractivity contribution in [2.24, 2.45) is 5.10 Å². The van der Waals surface area contributed by atoms with Gasteiger partial charge in [0.25, 0.3) is 10.0 Å². The van der Waals surface area contributed by atoms with Crippen molar-refractivity contribution in [3.8, 4) is 0 Å². The molecule has 26 heavy (non-hydrogen) atoms. The van der Waals surface area contributed by atoms with Crippen molar-refractivity contribution in [2.75, 3.05) is 0 Å². The number of sulfonamides is 1. The molecule has 0 saturated carbocycles. The second-order valence-electron chi connectivity index (χ2n) is 5.60. The zero-order valence-electron chi connectivity index (χ0n) is 14.2. The van der Waals surface area contributed by atoms with E-state index in [2.05, 4.69) is 9.93 Å². The summed E-state index contributed by atoms with van der Waals surface area (Å²) < 4.78 is 42.7. The first-order valence-corrected chi connectivity index (χ1v) is 8.96. The minimum atomic E-state index is -3.96. The first kappa shape index (κ1) is 21.3. The Bertz CT molecular complexity index is 967. The molecule has 1 aromatic heterocycles. The van der Waals surface area contributed by atoms with Gasteiger partial charge in [-0.3, -0.25) is 0 Å². The van der Waals surface area contributed by atoms with E-state index in [1.807, 2.05) is 0 Å². The largest absolute Gasteiger partial charge is 1.00 e. The number of hydrogen-bond donors (Lipinski definition) is 1. The maximum absolute atomic E-state index is 12.9. The molecule has 0 radical (unpaired) electrons. The number of hydrogen-bond acceptors (Lipinski definition) is 6. The molecule has 7 nitrogen and oxygen atoms in total. The second-order valence-corrected chi connectivity index (χ2v) is 7.26. The maximum atomic E-state index is 12.9. The Labute approximate surface area is 192 Å². The second kappa shape index (κ2) is 8.32. The summed E-state index contributed by atoms with van der Waals surface area (Å²) in [5, 5.41) is 15.0. The summed E-state index contributed by atoms with van der Waals surface area (Å²) in [6.07, 6.45) is 1.64. The summed E-state index contributed by atoms with van der Waals surface area (Å²) in [6.45, 7) is 1.56.